The molecule has 0 aromatic heterocycles. The highest BCUT2D eigenvalue weighted by atomic mass is 19.4. The van der Waals surface area contributed by atoms with Gasteiger partial charge in [0.2, 0.25) is 0 Å². The van der Waals surface area contributed by atoms with E-state index >= 15 is 0 Å². The number of ketones is 1. The van der Waals surface area contributed by atoms with E-state index in [4.69, 9.17) is 5.73 Å². The summed E-state index contributed by atoms with van der Waals surface area (Å²) >= 11 is 0. The standard InChI is InChI=1S/C8H14F3NO/c1-7(2,12)5-6(13)3-4-8(9,10)11/h3-5,12H2,1-2H3. The highest BCUT2D eigenvalue weighted by molar-refractivity contribution is 5.79. The molecule has 0 saturated carbocycles. The zero-order valence-electron chi connectivity index (χ0n) is 7.74. The van der Waals surface area contributed by atoms with Gasteiger partial charge in [0.1, 0.15) is 5.78 Å². The molecule has 13 heavy (non-hydrogen) atoms. The maximum atomic E-state index is 11.7. The van der Waals surface area contributed by atoms with E-state index < -0.39 is 30.3 Å². The van der Waals surface area contributed by atoms with Crippen LogP contribution in [0.25, 0.3) is 0 Å². The van der Waals surface area contributed by atoms with Crippen molar-refractivity contribution in [2.45, 2.75) is 44.8 Å². The van der Waals surface area contributed by atoms with Gasteiger partial charge in [-0.1, -0.05) is 0 Å². The van der Waals surface area contributed by atoms with Crippen molar-refractivity contribution in [2.24, 2.45) is 5.73 Å². The van der Waals surface area contributed by atoms with Crippen LogP contribution < -0.4 is 5.73 Å². The number of carbonyl (C=O) groups excluding carboxylic acids is 1. The Morgan fingerprint density at radius 2 is 1.77 bits per heavy atom. The van der Waals surface area contributed by atoms with E-state index in [1.807, 2.05) is 0 Å². The first-order valence-corrected chi connectivity index (χ1v) is 3.97. The number of Topliss-reactive ketones (excluding diaryl/α,β-unsaturated/α-hetero) is 1. The molecule has 0 radical (unpaired) electrons. The minimum atomic E-state index is -4.26. The summed E-state index contributed by atoms with van der Waals surface area (Å²) in [4.78, 5) is 10.9. The van der Waals surface area contributed by atoms with Crippen LogP contribution in [0.3, 0.4) is 0 Å². The molecule has 0 aromatic rings. The van der Waals surface area contributed by atoms with Gasteiger partial charge in [-0.15, -0.1) is 0 Å². The maximum absolute atomic E-state index is 11.7. The third-order valence-corrected chi connectivity index (χ3v) is 1.34. The van der Waals surface area contributed by atoms with Crippen LogP contribution in [0.4, 0.5) is 13.2 Å². The van der Waals surface area contributed by atoms with E-state index in [0.717, 1.165) is 0 Å². The quantitative estimate of drug-likeness (QED) is 0.749. The molecular weight excluding hydrogens is 183 g/mol. The fraction of sp³-hybridized carbons (Fsp3) is 0.875. The molecule has 0 aliphatic heterocycles. The molecule has 2 nitrogen and oxygen atoms in total. The summed E-state index contributed by atoms with van der Waals surface area (Å²) in [5.74, 6) is -0.440. The highest BCUT2D eigenvalue weighted by Gasteiger charge is 2.28. The number of rotatable bonds is 4. The van der Waals surface area contributed by atoms with Gasteiger partial charge in [0.15, 0.2) is 0 Å². The number of halogens is 3. The van der Waals surface area contributed by atoms with Gasteiger partial charge >= 0.3 is 6.18 Å². The third-order valence-electron chi connectivity index (χ3n) is 1.34. The summed E-state index contributed by atoms with van der Waals surface area (Å²) in [6.45, 7) is 3.22. The van der Waals surface area contributed by atoms with Crippen LogP contribution in [0.2, 0.25) is 0 Å². The molecule has 0 aliphatic rings. The van der Waals surface area contributed by atoms with Gasteiger partial charge in [0.25, 0.3) is 0 Å². The van der Waals surface area contributed by atoms with E-state index in [0.29, 0.717) is 0 Å². The Morgan fingerprint density at radius 1 is 1.31 bits per heavy atom. The molecule has 0 bridgehead atoms. The molecule has 0 rings (SSSR count). The Balaban J connectivity index is 3.78. The summed E-state index contributed by atoms with van der Waals surface area (Å²) in [5, 5.41) is 0. The molecule has 0 unspecified atom stereocenters. The van der Waals surface area contributed by atoms with Crippen molar-refractivity contribution in [2.75, 3.05) is 0 Å². The fourth-order valence-electron chi connectivity index (χ4n) is 0.878. The largest absolute Gasteiger partial charge is 0.389 e. The fourth-order valence-corrected chi connectivity index (χ4v) is 0.878. The minimum Gasteiger partial charge on any atom is -0.325 e. The average molecular weight is 197 g/mol. The molecule has 0 heterocycles. The first-order chi connectivity index (χ1) is 5.60. The van der Waals surface area contributed by atoms with E-state index in [-0.39, 0.29) is 6.42 Å². The summed E-state index contributed by atoms with van der Waals surface area (Å²) in [6.07, 6.45) is -5.79. The first kappa shape index (κ1) is 12.4. The van der Waals surface area contributed by atoms with Crippen LogP contribution in [0.1, 0.15) is 33.1 Å². The minimum absolute atomic E-state index is 0.0108. The third kappa shape index (κ3) is 9.33. The molecule has 0 spiro atoms. The Kier molecular flexibility index (Phi) is 3.90. The van der Waals surface area contributed by atoms with Gasteiger partial charge in [0.05, 0.1) is 6.42 Å². The first-order valence-electron chi connectivity index (χ1n) is 3.97. The molecule has 0 saturated heterocycles. The molecule has 5 heteroatoms. The van der Waals surface area contributed by atoms with Crippen LogP contribution in [0.5, 0.6) is 0 Å². The second-order valence-corrected chi connectivity index (χ2v) is 3.82. The predicted octanol–water partition coefficient (Wildman–Crippen LogP) is 2.03. The number of nitrogens with two attached hydrogens (primary N) is 1. The lowest BCUT2D eigenvalue weighted by Gasteiger charge is -2.17. The van der Waals surface area contributed by atoms with Gasteiger partial charge < -0.3 is 5.73 Å². The molecule has 0 atom stereocenters. The lowest BCUT2D eigenvalue weighted by molar-refractivity contribution is -0.143. The number of carbonyl (C=O) groups is 1. The molecule has 78 valence electrons. The van der Waals surface area contributed by atoms with Crippen molar-refractivity contribution in [3.05, 3.63) is 0 Å². The zero-order valence-corrected chi connectivity index (χ0v) is 7.74. The van der Waals surface area contributed by atoms with Crippen LogP contribution in [-0.2, 0) is 4.79 Å². The molecule has 0 aromatic carbocycles. The number of alkyl halides is 3. The normalized spacial score (nSPS) is 13.1. The Bertz CT molecular complexity index is 181. The van der Waals surface area contributed by atoms with Crippen molar-refractivity contribution in [3.8, 4) is 0 Å². The Labute approximate surface area is 75.3 Å². The van der Waals surface area contributed by atoms with E-state index in [9.17, 15) is 18.0 Å². The van der Waals surface area contributed by atoms with Crippen molar-refractivity contribution in [3.63, 3.8) is 0 Å². The molecule has 0 fully saturated rings. The summed E-state index contributed by atoms with van der Waals surface area (Å²) in [7, 11) is 0. The summed E-state index contributed by atoms with van der Waals surface area (Å²) in [6, 6.07) is 0. The second kappa shape index (κ2) is 4.09. The van der Waals surface area contributed by atoms with Crippen LogP contribution in [0.15, 0.2) is 0 Å². The lowest BCUT2D eigenvalue weighted by atomic mass is 9.97. The zero-order chi connectivity index (χ0) is 10.7. The van der Waals surface area contributed by atoms with Crippen molar-refractivity contribution >= 4 is 5.78 Å². The summed E-state index contributed by atoms with van der Waals surface area (Å²) in [5.41, 5.74) is 4.75. The van der Waals surface area contributed by atoms with Gasteiger partial charge in [0, 0.05) is 18.4 Å². The highest BCUT2D eigenvalue weighted by Crippen LogP contribution is 2.22. The van der Waals surface area contributed by atoms with Crippen LogP contribution in [-0.4, -0.2) is 17.5 Å². The van der Waals surface area contributed by atoms with Gasteiger partial charge in [-0.3, -0.25) is 4.79 Å². The molecule has 0 aliphatic carbocycles. The Hall–Kier alpha value is -0.580. The molecular formula is C8H14F3NO. The van der Waals surface area contributed by atoms with Crippen molar-refractivity contribution in [1.29, 1.82) is 0 Å². The van der Waals surface area contributed by atoms with Crippen molar-refractivity contribution < 1.29 is 18.0 Å². The average Bonchev–Trinajstić information content (AvgIpc) is 1.78. The van der Waals surface area contributed by atoms with Gasteiger partial charge in [-0.25, -0.2) is 0 Å². The number of hydrogen-bond acceptors (Lipinski definition) is 2. The Morgan fingerprint density at radius 3 is 2.08 bits per heavy atom. The summed E-state index contributed by atoms with van der Waals surface area (Å²) < 4.78 is 35.0. The number of hydrogen-bond donors (Lipinski definition) is 1. The topological polar surface area (TPSA) is 43.1 Å². The predicted molar refractivity (Wildman–Crippen MR) is 43.2 cm³/mol. The van der Waals surface area contributed by atoms with Crippen molar-refractivity contribution in [1.82, 2.24) is 0 Å². The second-order valence-electron chi connectivity index (χ2n) is 3.82. The van der Waals surface area contributed by atoms with Crippen LogP contribution in [0, 0.1) is 0 Å². The van der Waals surface area contributed by atoms with E-state index in [1.165, 1.54) is 0 Å². The van der Waals surface area contributed by atoms with Gasteiger partial charge in [-0.05, 0) is 13.8 Å². The molecule has 2 N–H and O–H groups in total. The maximum Gasteiger partial charge on any atom is 0.389 e. The van der Waals surface area contributed by atoms with E-state index in [1.54, 1.807) is 13.8 Å². The SMILES string of the molecule is CC(C)(N)CC(=O)CCC(F)(F)F. The van der Waals surface area contributed by atoms with Gasteiger partial charge in [-0.2, -0.15) is 13.2 Å². The monoisotopic (exact) mass is 197 g/mol. The smallest absolute Gasteiger partial charge is 0.325 e. The van der Waals surface area contributed by atoms with E-state index in [2.05, 4.69) is 0 Å². The molecule has 0 amide bonds. The lowest BCUT2D eigenvalue weighted by Crippen LogP contribution is -2.34. The van der Waals surface area contributed by atoms with Crippen LogP contribution >= 0.6 is 0 Å².